The Balaban J connectivity index is 2.09. The number of benzene rings is 2. The monoisotopic (exact) mass is 291 g/mol. The predicted molar refractivity (Wildman–Crippen MR) is 76.2 cm³/mol. The third-order valence-corrected chi connectivity index (χ3v) is 3.06. The maximum Gasteiger partial charge on any atom is 0.274 e. The molecule has 1 amide bonds. The second-order valence-electron chi connectivity index (χ2n) is 4.34. The lowest BCUT2D eigenvalue weighted by Gasteiger charge is -2.10. The van der Waals surface area contributed by atoms with E-state index in [9.17, 15) is 4.79 Å². The van der Waals surface area contributed by atoms with Crippen molar-refractivity contribution in [3.63, 3.8) is 0 Å². The van der Waals surface area contributed by atoms with E-state index in [0.29, 0.717) is 17.2 Å². The average molecular weight is 292 g/mol. The van der Waals surface area contributed by atoms with Gasteiger partial charge in [-0.2, -0.15) is 0 Å². The van der Waals surface area contributed by atoms with E-state index in [1.54, 1.807) is 29.7 Å². The Hall–Kier alpha value is -2.04. The number of hydrogen-bond acceptors (Lipinski definition) is 3. The van der Waals surface area contributed by atoms with Gasteiger partial charge in [0.1, 0.15) is 12.4 Å². The van der Waals surface area contributed by atoms with Gasteiger partial charge in [-0.1, -0.05) is 23.7 Å². The number of aryl methyl sites for hydroxylation is 1. The summed E-state index contributed by atoms with van der Waals surface area (Å²) >= 11 is 5.88. The molecule has 104 valence electrons. The molecule has 0 aliphatic rings. The van der Waals surface area contributed by atoms with Gasteiger partial charge in [-0.15, -0.1) is 0 Å². The summed E-state index contributed by atoms with van der Waals surface area (Å²) in [5, 5.41) is 9.27. The fourth-order valence-electron chi connectivity index (χ4n) is 1.80. The number of carbonyl (C=O) groups excluding carboxylic acids is 1. The van der Waals surface area contributed by atoms with Crippen LogP contribution in [0.1, 0.15) is 21.5 Å². The fourth-order valence-corrected chi connectivity index (χ4v) is 2.03. The molecule has 0 saturated carbocycles. The van der Waals surface area contributed by atoms with Gasteiger partial charge in [0.2, 0.25) is 0 Å². The van der Waals surface area contributed by atoms with Gasteiger partial charge in [-0.05, 0) is 48.4 Å². The van der Waals surface area contributed by atoms with Gasteiger partial charge in [0.05, 0.1) is 0 Å². The molecule has 2 rings (SSSR count). The molecular formula is C15H14ClNO3. The molecule has 2 aromatic carbocycles. The van der Waals surface area contributed by atoms with Crippen LogP contribution in [0, 0.1) is 6.92 Å². The van der Waals surface area contributed by atoms with E-state index < -0.39 is 5.91 Å². The zero-order chi connectivity index (χ0) is 14.5. The summed E-state index contributed by atoms with van der Waals surface area (Å²) in [5.74, 6) is 0.195. The van der Waals surface area contributed by atoms with E-state index in [-0.39, 0.29) is 0 Å². The number of ether oxygens (including phenoxy) is 1. The summed E-state index contributed by atoms with van der Waals surface area (Å²) < 4.78 is 5.69. The minimum absolute atomic E-state index is 0.328. The number of hydroxylamine groups is 1. The highest BCUT2D eigenvalue weighted by atomic mass is 35.5. The second kappa shape index (κ2) is 6.41. The molecule has 0 unspecified atom stereocenters. The molecule has 2 aromatic rings. The molecule has 0 spiro atoms. The molecule has 0 heterocycles. The van der Waals surface area contributed by atoms with E-state index in [2.05, 4.69) is 0 Å². The number of carbonyl (C=O) groups is 1. The smallest absolute Gasteiger partial charge is 0.274 e. The van der Waals surface area contributed by atoms with Crippen LogP contribution < -0.4 is 10.2 Å². The van der Waals surface area contributed by atoms with Crippen LogP contribution in [-0.2, 0) is 6.61 Å². The first-order valence-corrected chi connectivity index (χ1v) is 6.40. The first-order chi connectivity index (χ1) is 9.60. The van der Waals surface area contributed by atoms with Gasteiger partial charge in [0, 0.05) is 10.6 Å². The molecule has 0 atom stereocenters. The van der Waals surface area contributed by atoms with E-state index in [0.717, 1.165) is 16.9 Å². The summed E-state index contributed by atoms with van der Waals surface area (Å²) in [6.45, 7) is 2.24. The molecule has 20 heavy (non-hydrogen) atoms. The molecule has 0 aliphatic carbocycles. The predicted octanol–water partition coefficient (Wildman–Crippen LogP) is 3.35. The molecular weight excluding hydrogens is 278 g/mol. The zero-order valence-electron chi connectivity index (χ0n) is 10.9. The van der Waals surface area contributed by atoms with E-state index >= 15 is 0 Å². The standard InChI is InChI=1S/C15H14ClNO3/c1-10-7-13(16)5-6-14(10)20-9-11-3-2-4-12(8-11)15(18)17-19/h2-8,19H,9H2,1H3,(H,17,18). The second-order valence-corrected chi connectivity index (χ2v) is 4.78. The van der Waals surface area contributed by atoms with Crippen molar-refractivity contribution >= 4 is 17.5 Å². The number of hydrogen-bond donors (Lipinski definition) is 2. The summed E-state index contributed by atoms with van der Waals surface area (Å²) in [4.78, 5) is 11.3. The van der Waals surface area contributed by atoms with Crippen molar-refractivity contribution in [1.29, 1.82) is 0 Å². The van der Waals surface area contributed by atoms with Crippen molar-refractivity contribution in [2.75, 3.05) is 0 Å². The Morgan fingerprint density at radius 2 is 2.10 bits per heavy atom. The number of halogens is 1. The number of rotatable bonds is 4. The van der Waals surface area contributed by atoms with Crippen molar-refractivity contribution < 1.29 is 14.7 Å². The number of amides is 1. The lowest BCUT2D eigenvalue weighted by atomic mass is 10.1. The molecule has 0 saturated heterocycles. The Kier molecular flexibility index (Phi) is 4.61. The Morgan fingerprint density at radius 3 is 2.80 bits per heavy atom. The van der Waals surface area contributed by atoms with Crippen molar-refractivity contribution in [2.45, 2.75) is 13.5 Å². The zero-order valence-corrected chi connectivity index (χ0v) is 11.6. The SMILES string of the molecule is Cc1cc(Cl)ccc1OCc1cccc(C(=O)NO)c1. The molecule has 0 bridgehead atoms. The third kappa shape index (κ3) is 3.50. The maximum atomic E-state index is 11.3. The summed E-state index contributed by atoms with van der Waals surface area (Å²) in [7, 11) is 0. The van der Waals surface area contributed by atoms with Gasteiger partial charge in [0.15, 0.2) is 0 Å². The molecule has 0 aromatic heterocycles. The van der Waals surface area contributed by atoms with Crippen LogP contribution in [0.25, 0.3) is 0 Å². The minimum Gasteiger partial charge on any atom is -0.489 e. The van der Waals surface area contributed by atoms with Gasteiger partial charge in [-0.3, -0.25) is 10.0 Å². The van der Waals surface area contributed by atoms with E-state index in [1.807, 2.05) is 25.1 Å². The largest absolute Gasteiger partial charge is 0.489 e. The first-order valence-electron chi connectivity index (χ1n) is 6.02. The van der Waals surface area contributed by atoms with Gasteiger partial charge in [-0.25, -0.2) is 5.48 Å². The summed E-state index contributed by atoms with van der Waals surface area (Å²) in [6.07, 6.45) is 0. The minimum atomic E-state index is -0.547. The van der Waals surface area contributed by atoms with Crippen molar-refractivity contribution in [2.24, 2.45) is 0 Å². The fraction of sp³-hybridized carbons (Fsp3) is 0.133. The molecule has 2 N–H and O–H groups in total. The lowest BCUT2D eigenvalue weighted by molar-refractivity contribution is 0.0706. The Morgan fingerprint density at radius 1 is 1.30 bits per heavy atom. The van der Waals surface area contributed by atoms with Crippen molar-refractivity contribution in [3.05, 3.63) is 64.2 Å². The maximum absolute atomic E-state index is 11.3. The normalized spacial score (nSPS) is 10.2. The quantitative estimate of drug-likeness (QED) is 0.671. The van der Waals surface area contributed by atoms with Crippen LogP contribution in [0.5, 0.6) is 5.75 Å². The topological polar surface area (TPSA) is 58.6 Å². The van der Waals surface area contributed by atoms with Crippen LogP contribution in [-0.4, -0.2) is 11.1 Å². The van der Waals surface area contributed by atoms with Gasteiger partial charge in [0.25, 0.3) is 5.91 Å². The highest BCUT2D eigenvalue weighted by Crippen LogP contribution is 2.22. The van der Waals surface area contributed by atoms with Crippen LogP contribution in [0.2, 0.25) is 5.02 Å². The third-order valence-electron chi connectivity index (χ3n) is 2.82. The molecule has 5 heteroatoms. The summed E-state index contributed by atoms with van der Waals surface area (Å²) in [5.41, 5.74) is 3.76. The van der Waals surface area contributed by atoms with Crippen LogP contribution in [0.15, 0.2) is 42.5 Å². The van der Waals surface area contributed by atoms with Crippen LogP contribution >= 0.6 is 11.6 Å². The highest BCUT2D eigenvalue weighted by molar-refractivity contribution is 6.30. The Bertz CT molecular complexity index is 628. The highest BCUT2D eigenvalue weighted by Gasteiger charge is 2.06. The van der Waals surface area contributed by atoms with Crippen molar-refractivity contribution in [3.8, 4) is 5.75 Å². The van der Waals surface area contributed by atoms with Crippen LogP contribution in [0.3, 0.4) is 0 Å². The molecule has 4 nitrogen and oxygen atoms in total. The van der Waals surface area contributed by atoms with Gasteiger partial charge >= 0.3 is 0 Å². The molecule has 0 radical (unpaired) electrons. The lowest BCUT2D eigenvalue weighted by Crippen LogP contribution is -2.18. The van der Waals surface area contributed by atoms with Gasteiger partial charge < -0.3 is 4.74 Å². The van der Waals surface area contributed by atoms with Crippen molar-refractivity contribution in [1.82, 2.24) is 5.48 Å². The van der Waals surface area contributed by atoms with E-state index in [1.165, 1.54) is 0 Å². The van der Waals surface area contributed by atoms with Crippen LogP contribution in [0.4, 0.5) is 0 Å². The summed E-state index contributed by atoms with van der Waals surface area (Å²) in [6, 6.07) is 12.3. The molecule has 0 fully saturated rings. The first kappa shape index (κ1) is 14.4. The van der Waals surface area contributed by atoms with E-state index in [4.69, 9.17) is 21.5 Å². The molecule has 0 aliphatic heterocycles. The number of nitrogens with one attached hydrogen (secondary N) is 1. The Labute approximate surface area is 121 Å². The average Bonchev–Trinajstić information content (AvgIpc) is 2.46.